The first-order valence-electron chi connectivity index (χ1n) is 13.0. The summed E-state index contributed by atoms with van der Waals surface area (Å²) in [7, 11) is 0. The normalized spacial score (nSPS) is 15.3. The molecule has 11 nitrogen and oxygen atoms in total. The summed E-state index contributed by atoms with van der Waals surface area (Å²) in [6.07, 6.45) is 1.26. The van der Waals surface area contributed by atoms with E-state index < -0.39 is 23.8 Å². The van der Waals surface area contributed by atoms with Gasteiger partial charge in [-0.2, -0.15) is 0 Å². The molecule has 1 saturated heterocycles. The maximum absolute atomic E-state index is 13.0. The van der Waals surface area contributed by atoms with Crippen LogP contribution in [0.25, 0.3) is 0 Å². The second-order valence-electron chi connectivity index (χ2n) is 10.5. The van der Waals surface area contributed by atoms with E-state index in [1.54, 1.807) is 42.5 Å². The van der Waals surface area contributed by atoms with Crippen LogP contribution in [0.5, 0.6) is 0 Å². The number of halogens is 1. The van der Waals surface area contributed by atoms with E-state index in [0.29, 0.717) is 42.0 Å². The number of carbonyl (C=O) groups is 2. The Morgan fingerprint density at radius 3 is 2.48 bits per heavy atom. The van der Waals surface area contributed by atoms with Gasteiger partial charge in [-0.25, -0.2) is 4.98 Å². The summed E-state index contributed by atoms with van der Waals surface area (Å²) in [4.78, 5) is 34.0. The molecule has 3 heterocycles. The average Bonchev–Trinajstić information content (AvgIpc) is 3.17. The lowest BCUT2D eigenvalue weighted by atomic mass is 10.1. The van der Waals surface area contributed by atoms with Gasteiger partial charge in [0.1, 0.15) is 5.82 Å². The molecular formula is C28H34ClN7O4. The van der Waals surface area contributed by atoms with Gasteiger partial charge in [0.2, 0.25) is 6.41 Å². The molecule has 1 fully saturated rings. The van der Waals surface area contributed by atoms with Gasteiger partial charge in [-0.15, -0.1) is 10.2 Å². The van der Waals surface area contributed by atoms with Gasteiger partial charge in [0.15, 0.2) is 11.5 Å². The van der Waals surface area contributed by atoms with E-state index in [-0.39, 0.29) is 11.3 Å². The van der Waals surface area contributed by atoms with Crippen molar-refractivity contribution in [2.75, 3.05) is 41.7 Å². The topological polar surface area (TPSA) is 133 Å². The Morgan fingerprint density at radius 2 is 1.80 bits per heavy atom. The fourth-order valence-electron chi connectivity index (χ4n) is 4.17. The van der Waals surface area contributed by atoms with Gasteiger partial charge in [-0.1, -0.05) is 23.2 Å². The zero-order valence-electron chi connectivity index (χ0n) is 23.0. The molecule has 12 heteroatoms. The predicted octanol–water partition coefficient (Wildman–Crippen LogP) is 3.94. The molecule has 0 saturated carbocycles. The number of rotatable bonds is 7. The second kappa shape index (κ2) is 12.7. The van der Waals surface area contributed by atoms with Crippen LogP contribution in [-0.4, -0.2) is 75.2 Å². The van der Waals surface area contributed by atoms with E-state index in [4.69, 9.17) is 16.3 Å². The third-order valence-electron chi connectivity index (χ3n) is 6.15. The van der Waals surface area contributed by atoms with Crippen LogP contribution in [0.4, 0.5) is 17.3 Å². The van der Waals surface area contributed by atoms with Crippen LogP contribution in [0.3, 0.4) is 0 Å². The Labute approximate surface area is 238 Å². The van der Waals surface area contributed by atoms with Crippen molar-refractivity contribution in [3.63, 3.8) is 0 Å². The molecule has 40 heavy (non-hydrogen) atoms. The Kier molecular flexibility index (Phi) is 9.31. The number of amides is 2. The van der Waals surface area contributed by atoms with Crippen LogP contribution in [-0.2, 0) is 4.74 Å². The summed E-state index contributed by atoms with van der Waals surface area (Å²) < 4.78 is 5.69. The van der Waals surface area contributed by atoms with E-state index in [9.17, 15) is 14.7 Å². The minimum absolute atomic E-state index is 0.112. The van der Waals surface area contributed by atoms with Gasteiger partial charge in [0.05, 0.1) is 21.9 Å². The summed E-state index contributed by atoms with van der Waals surface area (Å²) >= 11 is 5.87. The minimum atomic E-state index is -0.978. The standard InChI is InChI=1S/C28H34ClN7O4/c1-18-6-8-21(20(16-18)25(37)32-23-10-7-19(29)17-30-23)31-26(38)22-9-11-24(34-33-22)35-12-5-13-36(15-14-35)27(39)40-28(2,3)4/h6-11,16-17,27,39H,5,12-15H2,1-4H3,(H,31,38)(H,30,32,37). The van der Waals surface area contributed by atoms with Crippen LogP contribution in [0.1, 0.15) is 53.6 Å². The predicted molar refractivity (Wildman–Crippen MR) is 154 cm³/mol. The molecule has 1 atom stereocenters. The maximum Gasteiger partial charge on any atom is 0.276 e. The molecule has 1 aliphatic heterocycles. The number of carbonyl (C=O) groups excluding carboxylic acids is 2. The number of pyridine rings is 1. The summed E-state index contributed by atoms with van der Waals surface area (Å²) in [5.41, 5.74) is 1.12. The van der Waals surface area contributed by atoms with E-state index in [0.717, 1.165) is 18.5 Å². The molecule has 1 aliphatic rings. The molecule has 1 unspecified atom stereocenters. The quantitative estimate of drug-likeness (QED) is 0.363. The summed E-state index contributed by atoms with van der Waals surface area (Å²) in [6.45, 7) is 10.2. The second-order valence-corrected chi connectivity index (χ2v) is 11.0. The summed E-state index contributed by atoms with van der Waals surface area (Å²) in [6, 6.07) is 11.7. The smallest absolute Gasteiger partial charge is 0.276 e. The molecule has 0 bridgehead atoms. The lowest BCUT2D eigenvalue weighted by Crippen LogP contribution is -2.43. The number of nitrogens with zero attached hydrogens (tertiary/aromatic N) is 5. The molecule has 2 aromatic heterocycles. The van der Waals surface area contributed by atoms with Crippen molar-refractivity contribution in [3.05, 3.63) is 70.5 Å². The zero-order chi connectivity index (χ0) is 28.9. The first kappa shape index (κ1) is 29.3. The monoisotopic (exact) mass is 567 g/mol. The van der Waals surface area contributed by atoms with E-state index in [2.05, 4.69) is 30.7 Å². The molecule has 2 amide bonds. The Hall–Kier alpha value is -3.64. The molecule has 0 aliphatic carbocycles. The molecule has 3 N–H and O–H groups in total. The number of benzene rings is 1. The van der Waals surface area contributed by atoms with Crippen molar-refractivity contribution >= 4 is 40.7 Å². The molecule has 212 valence electrons. The fraction of sp³-hybridized carbons (Fsp3) is 0.393. The lowest BCUT2D eigenvalue weighted by Gasteiger charge is -2.31. The van der Waals surface area contributed by atoms with Crippen molar-refractivity contribution in [2.24, 2.45) is 0 Å². The van der Waals surface area contributed by atoms with Crippen LogP contribution >= 0.6 is 11.6 Å². The largest absolute Gasteiger partial charge is 0.356 e. The number of aliphatic hydroxyl groups excluding tert-OH is 1. The van der Waals surface area contributed by atoms with Crippen molar-refractivity contribution in [1.29, 1.82) is 0 Å². The highest BCUT2D eigenvalue weighted by Gasteiger charge is 2.26. The Balaban J connectivity index is 1.40. The van der Waals surface area contributed by atoms with Crippen LogP contribution in [0.2, 0.25) is 5.02 Å². The summed E-state index contributed by atoms with van der Waals surface area (Å²) in [5.74, 6) is 0.0487. The van der Waals surface area contributed by atoms with Crippen molar-refractivity contribution < 1.29 is 19.4 Å². The van der Waals surface area contributed by atoms with Gasteiger partial charge in [0, 0.05) is 32.4 Å². The van der Waals surface area contributed by atoms with Gasteiger partial charge in [0.25, 0.3) is 11.8 Å². The van der Waals surface area contributed by atoms with Gasteiger partial charge in [-0.05, 0) is 70.5 Å². The highest BCUT2D eigenvalue weighted by Crippen LogP contribution is 2.21. The van der Waals surface area contributed by atoms with Crippen LogP contribution in [0.15, 0.2) is 48.7 Å². The van der Waals surface area contributed by atoms with Gasteiger partial charge in [-0.3, -0.25) is 14.5 Å². The average molecular weight is 568 g/mol. The highest BCUT2D eigenvalue weighted by atomic mass is 35.5. The molecule has 3 aromatic rings. The van der Waals surface area contributed by atoms with Crippen LogP contribution in [0, 0.1) is 6.92 Å². The van der Waals surface area contributed by atoms with E-state index in [1.807, 2.05) is 32.6 Å². The van der Waals surface area contributed by atoms with E-state index >= 15 is 0 Å². The zero-order valence-corrected chi connectivity index (χ0v) is 23.8. The number of aromatic nitrogens is 3. The Bertz CT molecular complexity index is 1330. The number of hydrogen-bond acceptors (Lipinski definition) is 9. The van der Waals surface area contributed by atoms with Crippen LogP contribution < -0.4 is 15.5 Å². The summed E-state index contributed by atoms with van der Waals surface area (Å²) in [5, 5.41) is 24.8. The van der Waals surface area contributed by atoms with Crippen molar-refractivity contribution in [2.45, 2.75) is 46.1 Å². The Morgan fingerprint density at radius 1 is 1.00 bits per heavy atom. The molecule has 4 rings (SSSR count). The molecule has 0 radical (unpaired) electrons. The van der Waals surface area contributed by atoms with Crippen molar-refractivity contribution in [1.82, 2.24) is 20.1 Å². The fourth-order valence-corrected chi connectivity index (χ4v) is 4.28. The minimum Gasteiger partial charge on any atom is -0.356 e. The molecule has 1 aromatic carbocycles. The highest BCUT2D eigenvalue weighted by molar-refractivity contribution is 6.30. The van der Waals surface area contributed by atoms with Crippen molar-refractivity contribution in [3.8, 4) is 0 Å². The molecule has 0 spiro atoms. The molecular weight excluding hydrogens is 534 g/mol. The number of nitrogens with one attached hydrogen (secondary N) is 2. The third-order valence-corrected chi connectivity index (χ3v) is 6.37. The number of ether oxygens (including phenoxy) is 1. The van der Waals surface area contributed by atoms with Gasteiger partial charge < -0.3 is 25.4 Å². The van der Waals surface area contributed by atoms with E-state index in [1.165, 1.54) is 6.20 Å². The maximum atomic E-state index is 13.0. The SMILES string of the molecule is Cc1ccc(NC(=O)c2ccc(N3CCCN(C(O)OC(C)(C)C)CC3)nn2)c(C(=O)Nc2ccc(Cl)cn2)c1. The van der Waals surface area contributed by atoms with Gasteiger partial charge >= 0.3 is 0 Å². The third kappa shape index (κ3) is 7.95. The first-order valence-corrected chi connectivity index (χ1v) is 13.4. The first-order chi connectivity index (χ1) is 19.0. The number of hydrogen-bond donors (Lipinski definition) is 3. The number of anilines is 3. The lowest BCUT2D eigenvalue weighted by molar-refractivity contribution is -0.237. The number of aryl methyl sites for hydroxylation is 1. The number of aliphatic hydroxyl groups is 1.